The number of rotatable bonds is 4. The normalized spacial score (nSPS) is 15.9. The number of carbonyl (C=O) groups excluding carboxylic acids is 1. The van der Waals surface area contributed by atoms with Crippen LogP contribution in [0.1, 0.15) is 33.3 Å². The Morgan fingerprint density at radius 1 is 1.08 bits per heavy atom. The number of furan rings is 1. The fourth-order valence-corrected chi connectivity index (χ4v) is 3.33. The molecule has 1 amide bonds. The zero-order valence-corrected chi connectivity index (χ0v) is 15.0. The van der Waals surface area contributed by atoms with Crippen molar-refractivity contribution in [1.82, 2.24) is 19.6 Å². The van der Waals surface area contributed by atoms with Gasteiger partial charge in [0.1, 0.15) is 11.5 Å². The van der Waals surface area contributed by atoms with Crippen LogP contribution in [0.25, 0.3) is 0 Å². The van der Waals surface area contributed by atoms with Gasteiger partial charge < -0.3 is 9.32 Å². The van der Waals surface area contributed by atoms with E-state index in [0.717, 1.165) is 50.7 Å². The summed E-state index contributed by atoms with van der Waals surface area (Å²) in [7, 11) is 0. The number of carbonyl (C=O) groups is 1. The van der Waals surface area contributed by atoms with E-state index in [1.54, 1.807) is 0 Å². The highest BCUT2D eigenvalue weighted by Gasteiger charge is 2.24. The molecule has 0 radical (unpaired) electrons. The van der Waals surface area contributed by atoms with E-state index < -0.39 is 0 Å². The fraction of sp³-hybridized carbons (Fsp3) is 0.556. The molecule has 1 fully saturated rings. The predicted octanol–water partition coefficient (Wildman–Crippen LogP) is 2.17. The number of piperazine rings is 1. The first kappa shape index (κ1) is 16.8. The number of amides is 1. The maximum atomic E-state index is 12.6. The summed E-state index contributed by atoms with van der Waals surface area (Å²) in [6.07, 6.45) is 0. The number of hydrogen-bond acceptors (Lipinski definition) is 4. The van der Waals surface area contributed by atoms with Gasteiger partial charge in [0.2, 0.25) is 0 Å². The van der Waals surface area contributed by atoms with Crippen LogP contribution < -0.4 is 0 Å². The van der Waals surface area contributed by atoms with Gasteiger partial charge in [0.15, 0.2) is 0 Å². The van der Waals surface area contributed by atoms with E-state index in [4.69, 9.17) is 4.42 Å². The Kier molecular flexibility index (Phi) is 4.76. The second-order valence-electron chi connectivity index (χ2n) is 6.61. The molecule has 2 aromatic rings. The summed E-state index contributed by atoms with van der Waals surface area (Å²) in [6.45, 7) is 13.0. The Morgan fingerprint density at radius 3 is 2.33 bits per heavy atom. The number of hydrogen-bond donors (Lipinski definition) is 0. The zero-order valence-electron chi connectivity index (χ0n) is 15.0. The van der Waals surface area contributed by atoms with E-state index in [1.807, 2.05) is 31.7 Å². The molecule has 0 aliphatic carbocycles. The fourth-order valence-electron chi connectivity index (χ4n) is 3.33. The van der Waals surface area contributed by atoms with Crippen molar-refractivity contribution < 1.29 is 9.21 Å². The third kappa shape index (κ3) is 3.53. The maximum Gasteiger partial charge on any atom is 0.257 e. The highest BCUT2D eigenvalue weighted by Crippen LogP contribution is 2.17. The molecule has 24 heavy (non-hydrogen) atoms. The van der Waals surface area contributed by atoms with Gasteiger partial charge in [-0.3, -0.25) is 14.4 Å². The molecule has 1 aliphatic rings. The third-order valence-electron chi connectivity index (χ3n) is 4.66. The maximum absolute atomic E-state index is 12.6. The number of aromatic nitrogens is 2. The van der Waals surface area contributed by atoms with Crippen molar-refractivity contribution in [3.63, 3.8) is 0 Å². The van der Waals surface area contributed by atoms with Crippen molar-refractivity contribution in [3.8, 4) is 0 Å². The standard InChI is InChI=1S/C18H26N4O2/c1-13-11-14(2)22(19-13)10-7-20-5-8-21(9-6-20)18(23)17-12-15(3)24-16(17)4/h11-12H,5-10H2,1-4H3. The van der Waals surface area contributed by atoms with Gasteiger partial charge in [0.25, 0.3) is 5.91 Å². The minimum Gasteiger partial charge on any atom is -0.466 e. The van der Waals surface area contributed by atoms with E-state index in [2.05, 4.69) is 27.7 Å². The average molecular weight is 330 g/mol. The van der Waals surface area contributed by atoms with Crippen LogP contribution in [-0.4, -0.2) is 58.2 Å². The Bertz CT molecular complexity index is 723. The van der Waals surface area contributed by atoms with Crippen molar-refractivity contribution in [3.05, 3.63) is 40.6 Å². The summed E-state index contributed by atoms with van der Waals surface area (Å²) in [5, 5.41) is 4.50. The molecule has 3 heterocycles. The Labute approximate surface area is 143 Å². The lowest BCUT2D eigenvalue weighted by Gasteiger charge is -2.34. The minimum atomic E-state index is 0.0857. The van der Waals surface area contributed by atoms with Gasteiger partial charge in [-0.1, -0.05) is 0 Å². The molecule has 0 aromatic carbocycles. The summed E-state index contributed by atoms with van der Waals surface area (Å²) in [5.41, 5.74) is 2.96. The molecule has 0 bridgehead atoms. The molecule has 0 saturated carbocycles. The van der Waals surface area contributed by atoms with Gasteiger partial charge in [-0.2, -0.15) is 5.10 Å². The van der Waals surface area contributed by atoms with Crippen molar-refractivity contribution in [2.24, 2.45) is 0 Å². The number of aryl methyl sites for hydroxylation is 4. The van der Waals surface area contributed by atoms with Gasteiger partial charge in [0, 0.05) is 38.4 Å². The van der Waals surface area contributed by atoms with E-state index >= 15 is 0 Å². The first-order valence-corrected chi connectivity index (χ1v) is 8.54. The lowest BCUT2D eigenvalue weighted by Crippen LogP contribution is -2.49. The molecule has 130 valence electrons. The molecule has 1 aliphatic heterocycles. The van der Waals surface area contributed by atoms with Gasteiger partial charge in [-0.15, -0.1) is 0 Å². The lowest BCUT2D eigenvalue weighted by molar-refractivity contribution is 0.0630. The Morgan fingerprint density at radius 2 is 1.79 bits per heavy atom. The molecule has 0 N–H and O–H groups in total. The first-order chi connectivity index (χ1) is 11.4. The Hall–Kier alpha value is -2.08. The minimum absolute atomic E-state index is 0.0857. The van der Waals surface area contributed by atoms with Crippen LogP contribution in [0.2, 0.25) is 0 Å². The van der Waals surface area contributed by atoms with E-state index in [0.29, 0.717) is 11.3 Å². The van der Waals surface area contributed by atoms with Crippen LogP contribution in [0, 0.1) is 27.7 Å². The first-order valence-electron chi connectivity index (χ1n) is 8.54. The van der Waals surface area contributed by atoms with E-state index in [1.165, 1.54) is 5.69 Å². The zero-order chi connectivity index (χ0) is 17.3. The SMILES string of the molecule is Cc1cc(C)n(CCN2CCN(C(=O)c3cc(C)oc3C)CC2)n1. The van der Waals surface area contributed by atoms with Crippen LogP contribution in [0.3, 0.4) is 0 Å². The molecule has 2 aromatic heterocycles. The van der Waals surface area contributed by atoms with E-state index in [-0.39, 0.29) is 5.91 Å². The smallest absolute Gasteiger partial charge is 0.257 e. The summed E-state index contributed by atoms with van der Waals surface area (Å²) in [5.74, 6) is 1.59. The van der Waals surface area contributed by atoms with Crippen LogP contribution in [-0.2, 0) is 6.54 Å². The molecule has 6 heteroatoms. The summed E-state index contributed by atoms with van der Waals surface area (Å²) >= 11 is 0. The molecule has 1 saturated heterocycles. The van der Waals surface area contributed by atoms with Crippen molar-refractivity contribution in [1.29, 1.82) is 0 Å². The second-order valence-corrected chi connectivity index (χ2v) is 6.61. The van der Waals surface area contributed by atoms with Gasteiger partial charge >= 0.3 is 0 Å². The molecule has 6 nitrogen and oxygen atoms in total. The predicted molar refractivity (Wildman–Crippen MR) is 92.2 cm³/mol. The largest absolute Gasteiger partial charge is 0.466 e. The third-order valence-corrected chi connectivity index (χ3v) is 4.66. The average Bonchev–Trinajstić information content (AvgIpc) is 3.05. The van der Waals surface area contributed by atoms with Crippen molar-refractivity contribution in [2.75, 3.05) is 32.7 Å². The van der Waals surface area contributed by atoms with Gasteiger partial charge in [-0.05, 0) is 39.8 Å². The van der Waals surface area contributed by atoms with Crippen LogP contribution in [0.15, 0.2) is 16.5 Å². The summed E-state index contributed by atoms with van der Waals surface area (Å²) < 4.78 is 7.54. The molecule has 3 rings (SSSR count). The second kappa shape index (κ2) is 6.81. The van der Waals surface area contributed by atoms with Crippen molar-refractivity contribution in [2.45, 2.75) is 34.2 Å². The quantitative estimate of drug-likeness (QED) is 0.862. The van der Waals surface area contributed by atoms with Crippen molar-refractivity contribution >= 4 is 5.91 Å². The monoisotopic (exact) mass is 330 g/mol. The lowest BCUT2D eigenvalue weighted by atomic mass is 10.2. The summed E-state index contributed by atoms with van der Waals surface area (Å²) in [4.78, 5) is 16.9. The van der Waals surface area contributed by atoms with Gasteiger partial charge in [0.05, 0.1) is 17.8 Å². The summed E-state index contributed by atoms with van der Waals surface area (Å²) in [6, 6.07) is 3.94. The molecular weight excluding hydrogens is 304 g/mol. The molecule has 0 spiro atoms. The Balaban J connectivity index is 1.51. The van der Waals surface area contributed by atoms with Crippen LogP contribution in [0.4, 0.5) is 0 Å². The van der Waals surface area contributed by atoms with Gasteiger partial charge in [-0.25, -0.2) is 0 Å². The highest BCUT2D eigenvalue weighted by molar-refractivity contribution is 5.95. The van der Waals surface area contributed by atoms with Crippen LogP contribution in [0.5, 0.6) is 0 Å². The molecule has 0 atom stereocenters. The molecule has 0 unspecified atom stereocenters. The van der Waals surface area contributed by atoms with Crippen LogP contribution >= 0.6 is 0 Å². The number of nitrogens with zero attached hydrogens (tertiary/aromatic N) is 4. The highest BCUT2D eigenvalue weighted by atomic mass is 16.3. The van der Waals surface area contributed by atoms with E-state index in [9.17, 15) is 4.79 Å². The topological polar surface area (TPSA) is 54.5 Å². The molecular formula is C18H26N4O2.